The van der Waals surface area contributed by atoms with E-state index in [0.29, 0.717) is 27.8 Å². The number of carbonyl (C=O) groups is 1. The lowest BCUT2D eigenvalue weighted by Crippen LogP contribution is -2.19. The van der Waals surface area contributed by atoms with Crippen LogP contribution < -0.4 is 10.1 Å². The van der Waals surface area contributed by atoms with Crippen molar-refractivity contribution < 1.29 is 14.1 Å². The van der Waals surface area contributed by atoms with Gasteiger partial charge in [0.2, 0.25) is 0 Å². The van der Waals surface area contributed by atoms with Crippen LogP contribution in [0.5, 0.6) is 11.5 Å². The smallest absolute Gasteiger partial charge is 0.272 e. The van der Waals surface area contributed by atoms with Gasteiger partial charge in [0.05, 0.1) is 11.2 Å². The van der Waals surface area contributed by atoms with Crippen LogP contribution in [0, 0.1) is 0 Å². The van der Waals surface area contributed by atoms with Gasteiger partial charge in [0.15, 0.2) is 10.6 Å². The molecule has 6 nitrogen and oxygen atoms in total. The second kappa shape index (κ2) is 8.92. The molecule has 0 aliphatic heterocycles. The monoisotopic (exact) mass is 461 g/mol. The fourth-order valence-corrected chi connectivity index (χ4v) is 4.42. The molecule has 0 aliphatic rings. The third-order valence-corrected chi connectivity index (χ3v) is 6.51. The molecule has 33 heavy (non-hydrogen) atoms. The molecule has 4 aromatic rings. The molecular weight excluding hydrogens is 434 g/mol. The third-order valence-electron chi connectivity index (χ3n) is 5.53. The average molecular weight is 462 g/mol. The highest BCUT2D eigenvalue weighted by Crippen LogP contribution is 2.33. The predicted molar refractivity (Wildman–Crippen MR) is 133 cm³/mol. The predicted octanol–water partition coefficient (Wildman–Crippen LogP) is 5.65. The normalized spacial score (nSPS) is 12.5. The van der Waals surface area contributed by atoms with Crippen molar-refractivity contribution in [3.8, 4) is 11.5 Å². The van der Waals surface area contributed by atoms with E-state index in [0.717, 1.165) is 16.5 Å². The minimum atomic E-state index is -1.24. The number of pyridine rings is 1. The second-order valence-corrected chi connectivity index (χ2v) is 10.3. The van der Waals surface area contributed by atoms with Gasteiger partial charge in [0.1, 0.15) is 17.7 Å². The molecular formula is C26H27N3O3S. The Bertz CT molecular complexity index is 1310. The number of nitrogens with zero attached hydrogens (tertiary/aromatic N) is 2. The number of rotatable bonds is 5. The van der Waals surface area contributed by atoms with Gasteiger partial charge in [-0.15, -0.1) is 0 Å². The van der Waals surface area contributed by atoms with Crippen molar-refractivity contribution in [3.05, 3.63) is 78.2 Å². The van der Waals surface area contributed by atoms with Crippen LogP contribution in [0.25, 0.3) is 10.9 Å². The van der Waals surface area contributed by atoms with E-state index in [1.54, 1.807) is 30.8 Å². The molecule has 1 amide bonds. The van der Waals surface area contributed by atoms with Gasteiger partial charge in [0.25, 0.3) is 5.91 Å². The Morgan fingerprint density at radius 2 is 1.82 bits per heavy atom. The van der Waals surface area contributed by atoms with Gasteiger partial charge in [-0.2, -0.15) is 0 Å². The lowest BCUT2D eigenvalue weighted by molar-refractivity contribution is 0.101. The average Bonchev–Trinajstić information content (AvgIpc) is 3.11. The summed E-state index contributed by atoms with van der Waals surface area (Å²) in [5.41, 5.74) is 2.79. The maximum atomic E-state index is 13.3. The largest absolute Gasteiger partial charge is 0.612 e. The first kappa shape index (κ1) is 22.9. The minimum Gasteiger partial charge on any atom is -0.612 e. The molecule has 0 bridgehead atoms. The van der Waals surface area contributed by atoms with Gasteiger partial charge in [0, 0.05) is 24.8 Å². The summed E-state index contributed by atoms with van der Waals surface area (Å²) in [6, 6.07) is 16.8. The summed E-state index contributed by atoms with van der Waals surface area (Å²) in [6.45, 7) is 6.31. The summed E-state index contributed by atoms with van der Waals surface area (Å²) in [5, 5.41) is 3.88. The molecule has 0 aliphatic carbocycles. The molecule has 0 spiro atoms. The first-order valence-corrected chi connectivity index (χ1v) is 12.2. The van der Waals surface area contributed by atoms with Crippen LogP contribution in [0.1, 0.15) is 36.8 Å². The van der Waals surface area contributed by atoms with E-state index in [-0.39, 0.29) is 11.3 Å². The molecule has 2 aromatic heterocycles. The van der Waals surface area contributed by atoms with Crippen molar-refractivity contribution in [3.63, 3.8) is 0 Å². The van der Waals surface area contributed by atoms with Crippen LogP contribution >= 0.6 is 0 Å². The van der Waals surface area contributed by atoms with Crippen LogP contribution in [-0.2, 0) is 23.6 Å². The number of anilines is 1. The highest BCUT2D eigenvalue weighted by Gasteiger charge is 2.22. The molecule has 170 valence electrons. The molecule has 1 N–H and O–H groups in total. The summed E-state index contributed by atoms with van der Waals surface area (Å²) in [6.07, 6.45) is 4.95. The van der Waals surface area contributed by atoms with Crippen LogP contribution in [0.4, 0.5) is 5.69 Å². The van der Waals surface area contributed by atoms with Crippen LogP contribution in [0.3, 0.4) is 0 Å². The quantitative estimate of drug-likeness (QED) is 0.389. The van der Waals surface area contributed by atoms with E-state index in [1.165, 1.54) is 0 Å². The van der Waals surface area contributed by atoms with Gasteiger partial charge in [-0.1, -0.05) is 39.0 Å². The van der Waals surface area contributed by atoms with E-state index >= 15 is 0 Å². The highest BCUT2D eigenvalue weighted by atomic mass is 32.2. The van der Waals surface area contributed by atoms with E-state index in [4.69, 9.17) is 4.74 Å². The minimum absolute atomic E-state index is 0.105. The SMILES string of the molecule is Cn1c(C(=O)Nc2cc(C(C)(C)C)ccc2[S+](C)[O-])cc2cccc(Oc3ccncc3)c21. The van der Waals surface area contributed by atoms with Crippen molar-refractivity contribution in [2.45, 2.75) is 31.1 Å². The maximum Gasteiger partial charge on any atom is 0.272 e. The number of aryl methyl sites for hydroxylation is 1. The Hall–Kier alpha value is -3.29. The van der Waals surface area contributed by atoms with Gasteiger partial charge < -0.3 is 19.2 Å². The zero-order valence-corrected chi connectivity index (χ0v) is 20.2. The van der Waals surface area contributed by atoms with Crippen molar-refractivity contribution in [2.24, 2.45) is 7.05 Å². The lowest BCUT2D eigenvalue weighted by atomic mass is 9.87. The Morgan fingerprint density at radius 3 is 2.48 bits per heavy atom. The number of amides is 1. The number of hydrogen-bond donors (Lipinski definition) is 1. The van der Waals surface area contributed by atoms with Crippen LogP contribution in [0.15, 0.2) is 71.9 Å². The van der Waals surface area contributed by atoms with Gasteiger partial charge in [-0.3, -0.25) is 9.78 Å². The Labute approximate surface area is 196 Å². The molecule has 7 heteroatoms. The Kier molecular flexibility index (Phi) is 6.19. The molecule has 1 unspecified atom stereocenters. The molecule has 2 aromatic carbocycles. The lowest BCUT2D eigenvalue weighted by Gasteiger charge is -2.21. The zero-order chi connectivity index (χ0) is 23.8. The summed E-state index contributed by atoms with van der Waals surface area (Å²) < 4.78 is 20.2. The number of ether oxygens (including phenoxy) is 1. The number of nitrogens with one attached hydrogen (secondary N) is 1. The second-order valence-electron chi connectivity index (χ2n) is 8.94. The topological polar surface area (TPSA) is 79.2 Å². The molecule has 0 saturated carbocycles. The summed E-state index contributed by atoms with van der Waals surface area (Å²) in [5.74, 6) is 1.03. The first-order valence-electron chi connectivity index (χ1n) is 10.6. The number of aromatic nitrogens is 2. The van der Waals surface area contributed by atoms with Crippen LogP contribution in [0.2, 0.25) is 0 Å². The van der Waals surface area contributed by atoms with Crippen molar-refractivity contribution in [1.29, 1.82) is 0 Å². The Balaban J connectivity index is 1.71. The van der Waals surface area contributed by atoms with E-state index < -0.39 is 11.2 Å². The number of carbonyl (C=O) groups excluding carboxylic acids is 1. The first-order chi connectivity index (χ1) is 15.6. The number of fused-ring (bicyclic) bond motifs is 1. The zero-order valence-electron chi connectivity index (χ0n) is 19.4. The molecule has 4 rings (SSSR count). The maximum absolute atomic E-state index is 13.3. The fourth-order valence-electron chi connectivity index (χ4n) is 3.74. The van der Waals surface area contributed by atoms with E-state index in [1.807, 2.05) is 54.1 Å². The van der Waals surface area contributed by atoms with Crippen LogP contribution in [-0.4, -0.2) is 26.3 Å². The van der Waals surface area contributed by atoms with Crippen molar-refractivity contribution >= 4 is 33.7 Å². The number of benzene rings is 2. The summed E-state index contributed by atoms with van der Waals surface area (Å²) in [7, 11) is 1.83. The molecule has 2 heterocycles. The molecule has 0 radical (unpaired) electrons. The number of hydrogen-bond acceptors (Lipinski definition) is 4. The standard InChI is InChI=1S/C26H27N3O3S/c1-26(2,3)18-9-10-23(33(5)31)20(16-18)28-25(30)21-15-17-7-6-8-22(24(17)29(21)4)32-19-11-13-27-14-12-19/h6-16H,1-5H3,(H,28,30). The van der Waals surface area contributed by atoms with Crippen molar-refractivity contribution in [2.75, 3.05) is 11.6 Å². The Morgan fingerprint density at radius 1 is 1.09 bits per heavy atom. The highest BCUT2D eigenvalue weighted by molar-refractivity contribution is 7.90. The van der Waals surface area contributed by atoms with Gasteiger partial charge in [-0.25, -0.2) is 0 Å². The summed E-state index contributed by atoms with van der Waals surface area (Å²) >= 11 is -1.24. The molecule has 0 saturated heterocycles. The van der Waals surface area contributed by atoms with E-state index in [9.17, 15) is 9.35 Å². The third kappa shape index (κ3) is 4.74. The van der Waals surface area contributed by atoms with Gasteiger partial charge >= 0.3 is 0 Å². The summed E-state index contributed by atoms with van der Waals surface area (Å²) in [4.78, 5) is 17.9. The fraction of sp³-hybridized carbons (Fsp3) is 0.231. The van der Waals surface area contributed by atoms with Crippen molar-refractivity contribution in [1.82, 2.24) is 9.55 Å². The number of para-hydroxylation sites is 1. The van der Waals surface area contributed by atoms with E-state index in [2.05, 4.69) is 31.1 Å². The molecule has 0 fully saturated rings. The van der Waals surface area contributed by atoms with Gasteiger partial charge in [-0.05, 0) is 58.6 Å². The molecule has 1 atom stereocenters.